The zero-order valence-electron chi connectivity index (χ0n) is 6.80. The molecular weight excluding hydrogens is 175 g/mol. The molecule has 0 unspecified atom stereocenters. The van der Waals surface area contributed by atoms with Crippen molar-refractivity contribution in [3.63, 3.8) is 0 Å². The number of allylic oxidation sites excluding steroid dienone is 1. The number of rotatable bonds is 0. The van der Waals surface area contributed by atoms with Crippen molar-refractivity contribution in [2.75, 3.05) is 6.61 Å². The number of ether oxygens (including phenoxy) is 1. The van der Waals surface area contributed by atoms with Crippen molar-refractivity contribution < 1.29 is 18.7 Å². The molecule has 1 aliphatic carbocycles. The van der Waals surface area contributed by atoms with Gasteiger partial charge < -0.3 is 4.74 Å². The summed E-state index contributed by atoms with van der Waals surface area (Å²) in [5, 5.41) is 0. The van der Waals surface area contributed by atoms with Gasteiger partial charge in [-0.05, 0) is 5.57 Å². The molecule has 1 heterocycles. The molecule has 13 heavy (non-hydrogen) atoms. The minimum atomic E-state index is -0.754. The minimum absolute atomic E-state index is 0.0362. The second-order valence-corrected chi connectivity index (χ2v) is 3.00. The molecule has 0 bridgehead atoms. The number of carbonyl (C=O) groups is 2. The molecule has 0 saturated heterocycles. The third kappa shape index (κ3) is 1.28. The van der Waals surface area contributed by atoms with Gasteiger partial charge in [0, 0.05) is 18.9 Å². The van der Waals surface area contributed by atoms with Gasteiger partial charge >= 0.3 is 5.97 Å². The van der Waals surface area contributed by atoms with Crippen LogP contribution in [0.3, 0.4) is 0 Å². The van der Waals surface area contributed by atoms with E-state index in [0.29, 0.717) is 12.0 Å². The van der Waals surface area contributed by atoms with Crippen LogP contribution in [-0.4, -0.2) is 18.4 Å². The molecule has 1 aliphatic heterocycles. The molecule has 0 atom stereocenters. The lowest BCUT2D eigenvalue weighted by atomic mass is 9.92. The summed E-state index contributed by atoms with van der Waals surface area (Å²) in [6.07, 6.45) is 1.47. The monoisotopic (exact) mass is 182 g/mol. The molecule has 0 aromatic heterocycles. The standard InChI is InChI=1S/C9H7FO3/c10-7-4-6(11)3-5-1-2-13-9(12)8(5)7/h4H,1-3H2. The Hall–Kier alpha value is -1.45. The predicted molar refractivity (Wildman–Crippen MR) is 41.4 cm³/mol. The zero-order chi connectivity index (χ0) is 9.42. The fourth-order valence-corrected chi connectivity index (χ4v) is 1.53. The summed E-state index contributed by atoms with van der Waals surface area (Å²) >= 11 is 0. The minimum Gasteiger partial charge on any atom is -0.462 e. The van der Waals surface area contributed by atoms with Crippen molar-refractivity contribution in [2.24, 2.45) is 0 Å². The number of esters is 1. The maximum absolute atomic E-state index is 13.1. The third-order valence-corrected chi connectivity index (χ3v) is 2.11. The molecule has 0 saturated carbocycles. The van der Waals surface area contributed by atoms with Crippen molar-refractivity contribution in [1.29, 1.82) is 0 Å². The van der Waals surface area contributed by atoms with Crippen LogP contribution in [0, 0.1) is 0 Å². The fraction of sp³-hybridized carbons (Fsp3) is 0.333. The Morgan fingerprint density at radius 1 is 1.38 bits per heavy atom. The first-order valence-electron chi connectivity index (χ1n) is 3.98. The fourth-order valence-electron chi connectivity index (χ4n) is 1.53. The van der Waals surface area contributed by atoms with E-state index in [1.165, 1.54) is 0 Å². The van der Waals surface area contributed by atoms with Gasteiger partial charge in [0.15, 0.2) is 5.78 Å². The Labute approximate surface area is 73.9 Å². The van der Waals surface area contributed by atoms with E-state index in [4.69, 9.17) is 0 Å². The Morgan fingerprint density at radius 2 is 2.15 bits per heavy atom. The van der Waals surface area contributed by atoms with Crippen molar-refractivity contribution >= 4 is 11.8 Å². The van der Waals surface area contributed by atoms with Gasteiger partial charge in [0.25, 0.3) is 0 Å². The molecular formula is C9H7FO3. The average molecular weight is 182 g/mol. The third-order valence-electron chi connectivity index (χ3n) is 2.11. The summed E-state index contributed by atoms with van der Waals surface area (Å²) in [4.78, 5) is 22.0. The maximum Gasteiger partial charge on any atom is 0.341 e. The van der Waals surface area contributed by atoms with Gasteiger partial charge in [-0.1, -0.05) is 0 Å². The molecule has 4 heteroatoms. The summed E-state index contributed by atoms with van der Waals surface area (Å²) < 4.78 is 17.8. The van der Waals surface area contributed by atoms with Gasteiger partial charge in [-0.15, -0.1) is 0 Å². The lowest BCUT2D eigenvalue weighted by molar-refractivity contribution is -0.140. The normalized spacial score (nSPS) is 22.4. The van der Waals surface area contributed by atoms with Crippen LogP contribution in [0.25, 0.3) is 0 Å². The highest BCUT2D eigenvalue weighted by Gasteiger charge is 2.29. The van der Waals surface area contributed by atoms with E-state index in [1.54, 1.807) is 0 Å². The van der Waals surface area contributed by atoms with E-state index >= 15 is 0 Å². The van der Waals surface area contributed by atoms with Crippen LogP contribution in [0.1, 0.15) is 12.8 Å². The average Bonchev–Trinajstić information content (AvgIpc) is 2.02. The van der Waals surface area contributed by atoms with Crippen LogP contribution in [0.5, 0.6) is 0 Å². The molecule has 0 radical (unpaired) electrons. The molecule has 68 valence electrons. The molecule has 3 nitrogen and oxygen atoms in total. The van der Waals surface area contributed by atoms with Crippen LogP contribution in [0.4, 0.5) is 4.39 Å². The highest BCUT2D eigenvalue weighted by Crippen LogP contribution is 2.30. The first-order chi connectivity index (χ1) is 6.18. The van der Waals surface area contributed by atoms with Crippen molar-refractivity contribution in [1.82, 2.24) is 0 Å². The first kappa shape index (κ1) is 8.16. The van der Waals surface area contributed by atoms with E-state index in [0.717, 1.165) is 6.08 Å². The summed E-state index contributed by atoms with van der Waals surface area (Å²) in [5.74, 6) is -1.69. The Balaban J connectivity index is 2.46. The highest BCUT2D eigenvalue weighted by molar-refractivity contribution is 6.03. The molecule has 0 aromatic carbocycles. The largest absolute Gasteiger partial charge is 0.462 e. The van der Waals surface area contributed by atoms with Crippen molar-refractivity contribution in [2.45, 2.75) is 12.8 Å². The van der Waals surface area contributed by atoms with Crippen molar-refractivity contribution in [3.05, 3.63) is 23.0 Å². The van der Waals surface area contributed by atoms with Crippen LogP contribution >= 0.6 is 0 Å². The van der Waals surface area contributed by atoms with Crippen LogP contribution in [0.2, 0.25) is 0 Å². The second kappa shape index (κ2) is 2.80. The molecule has 0 N–H and O–H groups in total. The van der Waals surface area contributed by atoms with Gasteiger partial charge in [0.1, 0.15) is 5.83 Å². The molecule has 0 fully saturated rings. The Morgan fingerprint density at radius 3 is 2.92 bits per heavy atom. The number of ketones is 1. The van der Waals surface area contributed by atoms with Crippen LogP contribution in [0.15, 0.2) is 23.0 Å². The number of hydrogen-bond acceptors (Lipinski definition) is 3. The SMILES string of the molecule is O=C1C=C(F)C2=C(CCOC2=O)C1. The molecule has 0 aromatic rings. The van der Waals surface area contributed by atoms with E-state index in [2.05, 4.69) is 4.74 Å². The van der Waals surface area contributed by atoms with Crippen LogP contribution < -0.4 is 0 Å². The number of carbonyl (C=O) groups excluding carboxylic acids is 2. The topological polar surface area (TPSA) is 43.4 Å². The molecule has 2 rings (SSSR count). The molecule has 2 aliphatic rings. The number of halogens is 1. The first-order valence-corrected chi connectivity index (χ1v) is 3.98. The number of hydrogen-bond donors (Lipinski definition) is 0. The molecule has 0 amide bonds. The van der Waals surface area contributed by atoms with E-state index < -0.39 is 11.8 Å². The number of cyclic esters (lactones) is 1. The summed E-state index contributed by atoms with van der Waals surface area (Å²) in [6.45, 7) is 0.248. The van der Waals surface area contributed by atoms with Gasteiger partial charge in [-0.2, -0.15) is 0 Å². The molecule has 0 spiro atoms. The van der Waals surface area contributed by atoms with E-state index in [1.807, 2.05) is 0 Å². The van der Waals surface area contributed by atoms with Crippen molar-refractivity contribution in [3.8, 4) is 0 Å². The lowest BCUT2D eigenvalue weighted by Crippen LogP contribution is -2.22. The lowest BCUT2D eigenvalue weighted by Gasteiger charge is -2.20. The smallest absolute Gasteiger partial charge is 0.341 e. The van der Waals surface area contributed by atoms with E-state index in [-0.39, 0.29) is 24.4 Å². The Kier molecular flexibility index (Phi) is 1.76. The predicted octanol–water partition coefficient (Wildman–Crippen LogP) is 1.06. The summed E-state index contributed by atoms with van der Waals surface area (Å²) in [6, 6.07) is 0. The van der Waals surface area contributed by atoms with E-state index in [9.17, 15) is 14.0 Å². The van der Waals surface area contributed by atoms with Gasteiger partial charge in [-0.3, -0.25) is 4.79 Å². The highest BCUT2D eigenvalue weighted by atomic mass is 19.1. The maximum atomic E-state index is 13.1. The summed E-state index contributed by atoms with van der Waals surface area (Å²) in [7, 11) is 0. The van der Waals surface area contributed by atoms with Gasteiger partial charge in [0.2, 0.25) is 0 Å². The van der Waals surface area contributed by atoms with Gasteiger partial charge in [-0.25, -0.2) is 9.18 Å². The summed E-state index contributed by atoms with van der Waals surface area (Å²) in [5.41, 5.74) is 0.534. The second-order valence-electron chi connectivity index (χ2n) is 3.00. The Bertz CT molecular complexity index is 352. The zero-order valence-corrected chi connectivity index (χ0v) is 6.80. The van der Waals surface area contributed by atoms with Gasteiger partial charge in [0.05, 0.1) is 12.2 Å². The van der Waals surface area contributed by atoms with Crippen LogP contribution in [-0.2, 0) is 14.3 Å². The quantitative estimate of drug-likeness (QED) is 0.526.